The number of nitro groups is 1. The summed E-state index contributed by atoms with van der Waals surface area (Å²) < 4.78 is 6.47. The Bertz CT molecular complexity index is 868. The van der Waals surface area contributed by atoms with E-state index < -0.39 is 4.92 Å². The van der Waals surface area contributed by atoms with Crippen LogP contribution in [0.15, 0.2) is 64.0 Å². The lowest BCUT2D eigenvalue weighted by atomic mass is 10.1. The van der Waals surface area contributed by atoms with Gasteiger partial charge in [0.15, 0.2) is 5.76 Å². The molecule has 2 heterocycles. The average Bonchev–Trinajstić information content (AvgIpc) is 2.99. The molecule has 3 aromatic rings. The Morgan fingerprint density at radius 3 is 2.68 bits per heavy atom. The summed E-state index contributed by atoms with van der Waals surface area (Å²) >= 11 is 0. The second kappa shape index (κ2) is 5.65. The fourth-order valence-corrected chi connectivity index (χ4v) is 2.05. The van der Waals surface area contributed by atoms with Gasteiger partial charge in [-0.2, -0.15) is 0 Å². The van der Waals surface area contributed by atoms with E-state index in [9.17, 15) is 14.9 Å². The first kappa shape index (κ1) is 13.7. The van der Waals surface area contributed by atoms with Crippen LogP contribution in [-0.2, 0) is 6.54 Å². The fourth-order valence-electron chi connectivity index (χ4n) is 2.05. The monoisotopic (exact) mass is 297 g/mol. The third-order valence-electron chi connectivity index (χ3n) is 3.13. The maximum absolute atomic E-state index is 11.8. The van der Waals surface area contributed by atoms with Gasteiger partial charge in [-0.15, -0.1) is 0 Å². The maximum atomic E-state index is 11.8. The first-order valence-electron chi connectivity index (χ1n) is 6.49. The van der Waals surface area contributed by atoms with Crippen LogP contribution in [0.1, 0.15) is 5.69 Å². The van der Waals surface area contributed by atoms with Gasteiger partial charge in [0, 0.05) is 23.8 Å². The summed E-state index contributed by atoms with van der Waals surface area (Å²) in [6.07, 6.45) is 1.19. The topological polar surface area (TPSA) is 91.2 Å². The number of hydrogen-bond donors (Lipinski definition) is 0. The molecule has 1 aromatic carbocycles. The van der Waals surface area contributed by atoms with E-state index in [1.807, 2.05) is 30.3 Å². The largest absolute Gasteiger partial charge is 0.356 e. The van der Waals surface area contributed by atoms with E-state index in [1.165, 1.54) is 16.8 Å². The van der Waals surface area contributed by atoms with Crippen molar-refractivity contribution in [3.8, 4) is 11.3 Å². The number of aromatic nitrogens is 2. The minimum atomic E-state index is -0.547. The molecule has 3 rings (SSSR count). The molecule has 2 aromatic heterocycles. The van der Waals surface area contributed by atoms with E-state index in [1.54, 1.807) is 6.07 Å². The van der Waals surface area contributed by atoms with E-state index >= 15 is 0 Å². The van der Waals surface area contributed by atoms with E-state index in [0.717, 1.165) is 11.6 Å². The van der Waals surface area contributed by atoms with E-state index in [-0.39, 0.29) is 17.8 Å². The number of rotatable bonds is 4. The minimum Gasteiger partial charge on any atom is -0.356 e. The molecule has 0 aliphatic carbocycles. The Morgan fingerprint density at radius 2 is 1.95 bits per heavy atom. The quantitative estimate of drug-likeness (QED) is 0.545. The Labute approximate surface area is 124 Å². The molecule has 0 aliphatic heterocycles. The Morgan fingerprint density at radius 1 is 1.18 bits per heavy atom. The van der Waals surface area contributed by atoms with Crippen LogP contribution < -0.4 is 5.56 Å². The third-order valence-corrected chi connectivity index (χ3v) is 3.13. The molecular weight excluding hydrogens is 286 g/mol. The molecule has 7 nitrogen and oxygen atoms in total. The van der Waals surface area contributed by atoms with Gasteiger partial charge in [0.1, 0.15) is 5.69 Å². The van der Waals surface area contributed by atoms with Crippen LogP contribution in [0.25, 0.3) is 11.3 Å². The molecule has 110 valence electrons. The third kappa shape index (κ3) is 2.78. The van der Waals surface area contributed by atoms with Crippen molar-refractivity contribution in [3.05, 3.63) is 80.9 Å². The predicted molar refractivity (Wildman–Crippen MR) is 78.4 cm³/mol. The summed E-state index contributed by atoms with van der Waals surface area (Å²) in [5, 5.41) is 14.7. The molecule has 0 bridgehead atoms. The fraction of sp³-hybridized carbons (Fsp3) is 0.0667. The summed E-state index contributed by atoms with van der Waals surface area (Å²) in [7, 11) is 0. The van der Waals surface area contributed by atoms with Crippen molar-refractivity contribution >= 4 is 5.69 Å². The number of hydrogen-bond acceptors (Lipinski definition) is 5. The van der Waals surface area contributed by atoms with Gasteiger partial charge in [-0.25, -0.2) is 0 Å². The highest BCUT2D eigenvalue weighted by Crippen LogP contribution is 2.20. The SMILES string of the molecule is O=c1ccc([N+](=O)[O-])cn1Cc1cc(-c2ccccc2)on1. The molecule has 0 saturated carbocycles. The molecule has 0 radical (unpaired) electrons. The molecule has 0 saturated heterocycles. The standard InChI is InChI=1S/C15H11N3O4/c19-15-7-6-13(18(20)21)10-17(15)9-12-8-14(22-16-12)11-4-2-1-3-5-11/h1-8,10H,9H2. The van der Waals surface area contributed by atoms with Gasteiger partial charge in [0.25, 0.3) is 11.2 Å². The highest BCUT2D eigenvalue weighted by Gasteiger charge is 2.11. The van der Waals surface area contributed by atoms with Crippen LogP contribution in [0.5, 0.6) is 0 Å². The summed E-state index contributed by atoms with van der Waals surface area (Å²) in [6.45, 7) is 0.108. The first-order chi connectivity index (χ1) is 10.6. The van der Waals surface area contributed by atoms with Gasteiger partial charge < -0.3 is 9.09 Å². The van der Waals surface area contributed by atoms with Crippen molar-refractivity contribution in [2.24, 2.45) is 0 Å². The van der Waals surface area contributed by atoms with E-state index in [0.29, 0.717) is 11.5 Å². The number of pyridine rings is 1. The Hall–Kier alpha value is -3.22. The van der Waals surface area contributed by atoms with Crippen molar-refractivity contribution in [3.63, 3.8) is 0 Å². The van der Waals surface area contributed by atoms with Gasteiger partial charge in [-0.3, -0.25) is 14.9 Å². The molecule has 0 spiro atoms. The zero-order chi connectivity index (χ0) is 15.5. The summed E-state index contributed by atoms with van der Waals surface area (Å²) in [5.74, 6) is 0.578. The molecule has 0 N–H and O–H groups in total. The zero-order valence-corrected chi connectivity index (χ0v) is 11.4. The first-order valence-corrected chi connectivity index (χ1v) is 6.49. The minimum absolute atomic E-state index is 0.108. The van der Waals surface area contributed by atoms with Crippen molar-refractivity contribution in [2.75, 3.05) is 0 Å². The van der Waals surface area contributed by atoms with Crippen molar-refractivity contribution in [1.82, 2.24) is 9.72 Å². The molecule has 22 heavy (non-hydrogen) atoms. The second-order valence-corrected chi connectivity index (χ2v) is 4.66. The smallest absolute Gasteiger partial charge is 0.285 e. The zero-order valence-electron chi connectivity index (χ0n) is 11.4. The average molecular weight is 297 g/mol. The van der Waals surface area contributed by atoms with Gasteiger partial charge in [0.05, 0.1) is 17.7 Å². The number of nitrogens with zero attached hydrogens (tertiary/aromatic N) is 3. The summed E-state index contributed by atoms with van der Waals surface area (Å²) in [5.41, 5.74) is 0.898. The highest BCUT2D eigenvalue weighted by atomic mass is 16.6. The lowest BCUT2D eigenvalue weighted by molar-refractivity contribution is -0.385. The molecule has 0 aliphatic rings. The molecule has 7 heteroatoms. The van der Waals surface area contributed by atoms with Crippen LogP contribution in [0, 0.1) is 10.1 Å². The van der Waals surface area contributed by atoms with Gasteiger partial charge in [-0.1, -0.05) is 35.5 Å². The van der Waals surface area contributed by atoms with Crippen LogP contribution in [0.2, 0.25) is 0 Å². The van der Waals surface area contributed by atoms with Crippen molar-refractivity contribution < 1.29 is 9.45 Å². The van der Waals surface area contributed by atoms with Crippen molar-refractivity contribution in [2.45, 2.75) is 6.54 Å². The van der Waals surface area contributed by atoms with Gasteiger partial charge >= 0.3 is 0 Å². The van der Waals surface area contributed by atoms with Crippen LogP contribution in [-0.4, -0.2) is 14.6 Å². The number of benzene rings is 1. The van der Waals surface area contributed by atoms with Gasteiger partial charge in [-0.05, 0) is 0 Å². The van der Waals surface area contributed by atoms with E-state index in [2.05, 4.69) is 5.16 Å². The summed E-state index contributed by atoms with van der Waals surface area (Å²) in [4.78, 5) is 22.0. The molecular formula is C15H11N3O4. The molecule has 0 atom stereocenters. The van der Waals surface area contributed by atoms with Crippen LogP contribution in [0.4, 0.5) is 5.69 Å². The molecule has 0 amide bonds. The van der Waals surface area contributed by atoms with E-state index in [4.69, 9.17) is 4.52 Å². The molecule has 0 unspecified atom stereocenters. The maximum Gasteiger partial charge on any atom is 0.285 e. The van der Waals surface area contributed by atoms with Crippen molar-refractivity contribution in [1.29, 1.82) is 0 Å². The Balaban J connectivity index is 1.88. The summed E-state index contributed by atoms with van der Waals surface area (Å²) in [6, 6.07) is 13.5. The second-order valence-electron chi connectivity index (χ2n) is 4.66. The lowest BCUT2D eigenvalue weighted by Crippen LogP contribution is -2.19. The van der Waals surface area contributed by atoms with Crippen LogP contribution >= 0.6 is 0 Å². The van der Waals surface area contributed by atoms with Gasteiger partial charge in [0.2, 0.25) is 0 Å². The predicted octanol–water partition coefficient (Wildman–Crippen LogP) is 2.46. The highest BCUT2D eigenvalue weighted by molar-refractivity contribution is 5.56. The van der Waals surface area contributed by atoms with Crippen LogP contribution in [0.3, 0.4) is 0 Å². The Kier molecular flexibility index (Phi) is 3.53. The lowest BCUT2D eigenvalue weighted by Gasteiger charge is -2.01. The normalized spacial score (nSPS) is 10.5. The molecule has 0 fully saturated rings.